The van der Waals surface area contributed by atoms with Crippen LogP contribution in [-0.2, 0) is 6.54 Å². The van der Waals surface area contributed by atoms with Crippen LogP contribution in [0.3, 0.4) is 0 Å². The third-order valence-corrected chi connectivity index (χ3v) is 8.23. The zero-order valence-electron chi connectivity index (χ0n) is 22.5. The Bertz CT molecular complexity index is 2240. The predicted octanol–water partition coefficient (Wildman–Crippen LogP) is 9.63. The maximum Gasteiger partial charge on any atom is 0.0653 e. The number of benzene rings is 6. The van der Waals surface area contributed by atoms with Crippen molar-refractivity contribution >= 4 is 49.3 Å². The highest BCUT2D eigenvalue weighted by atomic mass is 15.0. The Labute approximate surface area is 238 Å². The van der Waals surface area contributed by atoms with Crippen molar-refractivity contribution in [2.45, 2.75) is 6.54 Å². The maximum absolute atomic E-state index is 8.82. The van der Waals surface area contributed by atoms with Gasteiger partial charge in [0.15, 0.2) is 0 Å². The van der Waals surface area contributed by atoms with Gasteiger partial charge in [0, 0.05) is 38.3 Å². The molecule has 0 aliphatic carbocycles. The van der Waals surface area contributed by atoms with Gasteiger partial charge < -0.3 is 14.5 Å². The topological polar surface area (TPSA) is 33.7 Å². The summed E-state index contributed by atoms with van der Waals surface area (Å²) in [5.41, 5.74) is 9.85. The van der Waals surface area contributed by atoms with Crippen LogP contribution in [0, 0.1) is 5.41 Å². The molecule has 0 aliphatic rings. The lowest BCUT2D eigenvalue weighted by Gasteiger charge is -2.10. The van der Waals surface area contributed by atoms with E-state index in [0.29, 0.717) is 12.3 Å². The van der Waals surface area contributed by atoms with Gasteiger partial charge in [-0.1, -0.05) is 97.1 Å². The first kappa shape index (κ1) is 23.5. The molecule has 0 atom stereocenters. The molecule has 0 aliphatic heterocycles. The minimum atomic E-state index is 0.526. The summed E-state index contributed by atoms with van der Waals surface area (Å²) in [6.45, 7) is 0.526. The number of nitrogens with zero attached hydrogens (tertiary/aromatic N) is 2. The van der Waals surface area contributed by atoms with Gasteiger partial charge in [-0.05, 0) is 65.2 Å². The van der Waals surface area contributed by atoms with Crippen molar-refractivity contribution in [2.75, 3.05) is 0 Å². The van der Waals surface area contributed by atoms with E-state index in [1.54, 1.807) is 0 Å². The molecule has 0 unspecified atom stereocenters. The Balaban J connectivity index is 1.28. The normalized spacial score (nSPS) is 11.6. The van der Waals surface area contributed by atoms with E-state index in [0.717, 1.165) is 16.6 Å². The Morgan fingerprint density at radius 1 is 0.463 bits per heavy atom. The first-order chi connectivity index (χ1) is 20.3. The second kappa shape index (κ2) is 9.35. The number of para-hydroxylation sites is 3. The molecule has 41 heavy (non-hydrogen) atoms. The van der Waals surface area contributed by atoms with Gasteiger partial charge in [0.1, 0.15) is 0 Å². The van der Waals surface area contributed by atoms with Crippen molar-refractivity contribution in [1.29, 1.82) is 5.41 Å². The van der Waals surface area contributed by atoms with Crippen LogP contribution >= 0.6 is 0 Å². The second-order valence-electron chi connectivity index (χ2n) is 10.6. The minimum absolute atomic E-state index is 0.526. The zero-order valence-corrected chi connectivity index (χ0v) is 22.5. The van der Waals surface area contributed by atoms with Crippen LogP contribution in [0.4, 0.5) is 0 Å². The van der Waals surface area contributed by atoms with Gasteiger partial charge in [0.05, 0.1) is 23.3 Å². The lowest BCUT2D eigenvalue weighted by molar-refractivity contribution is 0.929. The van der Waals surface area contributed by atoms with Gasteiger partial charge in [0.2, 0.25) is 0 Å². The summed E-state index contributed by atoms with van der Waals surface area (Å²) in [5, 5.41) is 13.8. The van der Waals surface area contributed by atoms with Gasteiger partial charge in [0.25, 0.3) is 0 Å². The Morgan fingerprint density at radius 3 is 1.66 bits per heavy atom. The molecule has 0 bridgehead atoms. The molecule has 0 spiro atoms. The van der Waals surface area contributed by atoms with E-state index in [1.807, 2.05) is 30.3 Å². The molecule has 2 aromatic heterocycles. The fourth-order valence-corrected chi connectivity index (χ4v) is 6.30. The fourth-order valence-electron chi connectivity index (χ4n) is 6.30. The number of rotatable bonds is 5. The van der Waals surface area contributed by atoms with Crippen LogP contribution in [0.25, 0.3) is 60.4 Å². The average Bonchev–Trinajstić information content (AvgIpc) is 3.54. The standard InChI is InChI=1S/C38H27N3/c39-34(26-11-3-1-4-12-26)25-40-35-17-9-7-15-30(35)32-23-27(19-21-36(32)40)28-20-22-38-33(24-28)31-16-8-10-18-37(31)41(38)29-13-5-2-6-14-29/h1-24,39H,25H2. The van der Waals surface area contributed by atoms with Crippen LogP contribution in [0.5, 0.6) is 0 Å². The van der Waals surface area contributed by atoms with Crippen LogP contribution in [-0.4, -0.2) is 14.8 Å². The summed E-state index contributed by atoms with van der Waals surface area (Å²) in [6, 6.07) is 51.4. The zero-order chi connectivity index (χ0) is 27.3. The largest absolute Gasteiger partial charge is 0.334 e. The van der Waals surface area contributed by atoms with Crippen LogP contribution in [0.15, 0.2) is 146 Å². The first-order valence-electron chi connectivity index (χ1n) is 14.0. The molecule has 2 heterocycles. The number of hydrogen-bond donors (Lipinski definition) is 1. The van der Waals surface area contributed by atoms with Crippen molar-refractivity contribution < 1.29 is 0 Å². The first-order valence-corrected chi connectivity index (χ1v) is 14.0. The third kappa shape index (κ3) is 3.78. The molecule has 194 valence electrons. The second-order valence-corrected chi connectivity index (χ2v) is 10.6. The number of nitrogens with one attached hydrogen (secondary N) is 1. The maximum atomic E-state index is 8.82. The van der Waals surface area contributed by atoms with Crippen molar-refractivity contribution in [3.05, 3.63) is 151 Å². The summed E-state index contributed by atoms with van der Waals surface area (Å²) in [4.78, 5) is 0. The molecule has 3 heteroatoms. The van der Waals surface area contributed by atoms with Crippen molar-refractivity contribution in [1.82, 2.24) is 9.13 Å². The summed E-state index contributed by atoms with van der Waals surface area (Å²) in [5.74, 6) is 0. The van der Waals surface area contributed by atoms with Crippen LogP contribution in [0.1, 0.15) is 5.56 Å². The number of fused-ring (bicyclic) bond motifs is 6. The Morgan fingerprint density at radius 2 is 0.951 bits per heavy atom. The monoisotopic (exact) mass is 525 g/mol. The highest BCUT2D eigenvalue weighted by molar-refractivity contribution is 6.12. The van der Waals surface area contributed by atoms with Crippen LogP contribution < -0.4 is 0 Å². The summed E-state index contributed by atoms with van der Waals surface area (Å²) >= 11 is 0. The Hall–Kier alpha value is -5.41. The van der Waals surface area contributed by atoms with Gasteiger partial charge in [-0.2, -0.15) is 0 Å². The predicted molar refractivity (Wildman–Crippen MR) is 172 cm³/mol. The quantitative estimate of drug-likeness (QED) is 0.217. The van der Waals surface area contributed by atoms with Crippen molar-refractivity contribution in [3.63, 3.8) is 0 Å². The smallest absolute Gasteiger partial charge is 0.0653 e. The highest BCUT2D eigenvalue weighted by Gasteiger charge is 2.16. The van der Waals surface area contributed by atoms with Gasteiger partial charge in [-0.15, -0.1) is 0 Å². The molecular weight excluding hydrogens is 498 g/mol. The average molecular weight is 526 g/mol. The van der Waals surface area contributed by atoms with Gasteiger partial charge in [-0.3, -0.25) is 0 Å². The summed E-state index contributed by atoms with van der Waals surface area (Å²) in [7, 11) is 0. The molecule has 3 nitrogen and oxygen atoms in total. The number of hydrogen-bond acceptors (Lipinski definition) is 1. The van der Waals surface area contributed by atoms with E-state index in [2.05, 4.69) is 124 Å². The minimum Gasteiger partial charge on any atom is -0.334 e. The molecule has 8 rings (SSSR count). The molecule has 6 aromatic carbocycles. The van der Waals surface area contributed by atoms with Gasteiger partial charge in [-0.25, -0.2) is 0 Å². The molecule has 0 amide bonds. The SMILES string of the molecule is N=C(Cn1c2ccccc2c2cc(-c3ccc4c(c3)c3ccccc3n4-c3ccccc3)ccc21)c1ccccc1. The lowest BCUT2D eigenvalue weighted by atomic mass is 10.0. The van der Waals surface area contributed by atoms with Crippen molar-refractivity contribution in [2.24, 2.45) is 0 Å². The molecule has 0 radical (unpaired) electrons. The number of aromatic nitrogens is 2. The molecule has 0 saturated carbocycles. The fraction of sp³-hybridized carbons (Fsp3) is 0.0263. The summed E-state index contributed by atoms with van der Waals surface area (Å²) in [6.07, 6.45) is 0. The summed E-state index contributed by atoms with van der Waals surface area (Å²) < 4.78 is 4.63. The van der Waals surface area contributed by atoms with E-state index < -0.39 is 0 Å². The molecule has 0 saturated heterocycles. The third-order valence-electron chi connectivity index (χ3n) is 8.23. The molecular formula is C38H27N3. The lowest BCUT2D eigenvalue weighted by Crippen LogP contribution is -2.10. The van der Waals surface area contributed by atoms with Crippen LogP contribution in [0.2, 0.25) is 0 Å². The Kier molecular flexibility index (Phi) is 5.36. The van der Waals surface area contributed by atoms with Gasteiger partial charge >= 0.3 is 0 Å². The van der Waals surface area contributed by atoms with E-state index >= 15 is 0 Å². The van der Waals surface area contributed by atoms with Crippen molar-refractivity contribution in [3.8, 4) is 16.8 Å². The highest BCUT2D eigenvalue weighted by Crippen LogP contribution is 2.37. The molecule has 1 N–H and O–H groups in total. The molecule has 0 fully saturated rings. The van der Waals surface area contributed by atoms with E-state index in [1.165, 1.54) is 49.4 Å². The van der Waals surface area contributed by atoms with E-state index in [4.69, 9.17) is 5.41 Å². The van der Waals surface area contributed by atoms with E-state index in [9.17, 15) is 0 Å². The molecule has 8 aromatic rings. The van der Waals surface area contributed by atoms with E-state index in [-0.39, 0.29) is 0 Å².